The van der Waals surface area contributed by atoms with E-state index >= 15 is 0 Å². The Kier molecular flexibility index (Phi) is 3.01. The van der Waals surface area contributed by atoms with Crippen LogP contribution in [-0.4, -0.2) is 20.0 Å². The fraction of sp³-hybridized carbons (Fsp3) is 0.222. The van der Waals surface area contributed by atoms with Crippen molar-refractivity contribution in [2.24, 2.45) is 7.05 Å². The first-order valence-electron chi connectivity index (χ1n) is 4.83. The smallest absolute Gasteiger partial charge is 0.285 e. The molecule has 0 radical (unpaired) electrons. The minimum absolute atomic E-state index is 0.0717. The first-order chi connectivity index (χ1) is 8.09. The van der Waals surface area contributed by atoms with Gasteiger partial charge in [0.1, 0.15) is 10.8 Å². The molecule has 2 rings (SSSR count). The first kappa shape index (κ1) is 11.5. The Morgan fingerprint density at radius 2 is 2.35 bits per heavy atom. The Labute approximate surface area is 102 Å². The Morgan fingerprint density at radius 1 is 1.59 bits per heavy atom. The van der Waals surface area contributed by atoms with Crippen molar-refractivity contribution >= 4 is 23.1 Å². The van der Waals surface area contributed by atoms with Crippen molar-refractivity contribution in [2.75, 3.05) is 11.1 Å². The van der Waals surface area contributed by atoms with Gasteiger partial charge in [-0.1, -0.05) is 11.6 Å². The van der Waals surface area contributed by atoms with Crippen molar-refractivity contribution in [3.8, 4) is 0 Å². The predicted molar refractivity (Wildman–Crippen MR) is 64.8 cm³/mol. The number of hydrogen-bond donors (Lipinski definition) is 3. The summed E-state index contributed by atoms with van der Waals surface area (Å²) in [7, 11) is 1.75. The number of aryl methyl sites for hydroxylation is 1. The largest absolute Gasteiger partial charge is 0.384 e. The van der Waals surface area contributed by atoms with E-state index < -0.39 is 5.56 Å². The highest BCUT2D eigenvalue weighted by Gasteiger charge is 2.07. The predicted octanol–water partition coefficient (Wildman–Crippen LogP) is 0.351. The summed E-state index contributed by atoms with van der Waals surface area (Å²) in [6.07, 6.45) is 3.09. The monoisotopic (exact) mass is 254 g/mol. The van der Waals surface area contributed by atoms with Crippen LogP contribution in [0.3, 0.4) is 0 Å². The molecule has 0 saturated carbocycles. The molecule has 4 N–H and O–H groups in total. The molecule has 0 amide bonds. The van der Waals surface area contributed by atoms with Crippen LogP contribution in [0, 0.1) is 0 Å². The summed E-state index contributed by atoms with van der Waals surface area (Å²) in [6, 6.07) is 0. The number of nitrogens with zero attached hydrogens (tertiary/aromatic N) is 3. The molecule has 0 aromatic carbocycles. The van der Waals surface area contributed by atoms with Crippen LogP contribution in [0.5, 0.6) is 0 Å². The van der Waals surface area contributed by atoms with E-state index in [1.165, 1.54) is 6.20 Å². The Hall–Kier alpha value is -2.02. The quantitative estimate of drug-likeness (QED) is 0.734. The van der Waals surface area contributed by atoms with Gasteiger partial charge in [-0.2, -0.15) is 10.2 Å². The lowest BCUT2D eigenvalue weighted by atomic mass is 10.3. The number of nitrogens with two attached hydrogens (primary N) is 1. The van der Waals surface area contributed by atoms with Gasteiger partial charge in [0.05, 0.1) is 18.1 Å². The molecule has 8 heteroatoms. The minimum Gasteiger partial charge on any atom is -0.384 e. The normalized spacial score (nSPS) is 10.5. The lowest BCUT2D eigenvalue weighted by molar-refractivity contribution is 0.778. The van der Waals surface area contributed by atoms with E-state index in [9.17, 15) is 4.79 Å². The number of hydrogen-bond acceptors (Lipinski definition) is 5. The van der Waals surface area contributed by atoms with Crippen molar-refractivity contribution in [1.29, 1.82) is 0 Å². The number of H-pyrrole nitrogens is 1. The molecule has 17 heavy (non-hydrogen) atoms. The summed E-state index contributed by atoms with van der Waals surface area (Å²) < 4.78 is 1.56. The minimum atomic E-state index is -0.434. The van der Waals surface area contributed by atoms with Crippen molar-refractivity contribution in [1.82, 2.24) is 20.0 Å². The van der Waals surface area contributed by atoms with E-state index in [1.54, 1.807) is 17.9 Å². The second-order valence-corrected chi connectivity index (χ2v) is 3.84. The number of aromatic nitrogens is 4. The maximum atomic E-state index is 11.2. The molecule has 90 valence electrons. The van der Waals surface area contributed by atoms with Crippen molar-refractivity contribution in [3.63, 3.8) is 0 Å². The van der Waals surface area contributed by atoms with E-state index in [4.69, 9.17) is 17.3 Å². The SMILES string of the molecule is Cn1ncc(CNc2cn[nH]c(=O)c2Cl)c1N. The fourth-order valence-electron chi connectivity index (χ4n) is 1.33. The summed E-state index contributed by atoms with van der Waals surface area (Å²) in [6.45, 7) is 0.421. The highest BCUT2D eigenvalue weighted by Crippen LogP contribution is 2.17. The van der Waals surface area contributed by atoms with Gasteiger partial charge in [-0.15, -0.1) is 0 Å². The Morgan fingerprint density at radius 3 is 3.00 bits per heavy atom. The van der Waals surface area contributed by atoms with Crippen LogP contribution < -0.4 is 16.6 Å². The zero-order valence-corrected chi connectivity index (χ0v) is 9.82. The molecule has 0 aliphatic heterocycles. The Bertz CT molecular complexity index is 589. The fourth-order valence-corrected chi connectivity index (χ4v) is 1.48. The molecule has 0 atom stereocenters. The number of nitrogens with one attached hydrogen (secondary N) is 2. The third-order valence-electron chi connectivity index (χ3n) is 2.33. The van der Waals surface area contributed by atoms with Crippen LogP contribution in [0.25, 0.3) is 0 Å². The lowest BCUT2D eigenvalue weighted by Gasteiger charge is -2.06. The average molecular weight is 255 g/mol. The molecule has 2 aromatic heterocycles. The molecule has 0 aliphatic rings. The van der Waals surface area contributed by atoms with Gasteiger partial charge in [0.15, 0.2) is 0 Å². The standard InChI is InChI=1S/C9H11ClN6O/c1-16-8(11)5(3-14-16)2-12-6-4-13-15-9(17)7(6)10/h3-4H,2,11H2,1H3,(H2,12,15,17). The second kappa shape index (κ2) is 4.46. The summed E-state index contributed by atoms with van der Waals surface area (Å²) in [5.74, 6) is 0.562. The highest BCUT2D eigenvalue weighted by atomic mass is 35.5. The van der Waals surface area contributed by atoms with Gasteiger partial charge in [0.25, 0.3) is 5.56 Å². The van der Waals surface area contributed by atoms with E-state index in [2.05, 4.69) is 20.6 Å². The van der Waals surface area contributed by atoms with Gasteiger partial charge >= 0.3 is 0 Å². The third-order valence-corrected chi connectivity index (χ3v) is 2.70. The molecule has 0 fully saturated rings. The van der Waals surface area contributed by atoms with Crippen molar-refractivity contribution in [2.45, 2.75) is 6.54 Å². The van der Waals surface area contributed by atoms with Crippen LogP contribution in [0.1, 0.15) is 5.56 Å². The summed E-state index contributed by atoms with van der Waals surface area (Å²) in [4.78, 5) is 11.2. The molecule has 2 aromatic rings. The summed E-state index contributed by atoms with van der Waals surface area (Å²) in [5, 5.41) is 12.9. The van der Waals surface area contributed by atoms with Crippen LogP contribution in [-0.2, 0) is 13.6 Å². The van der Waals surface area contributed by atoms with Crippen molar-refractivity contribution in [3.05, 3.63) is 33.3 Å². The number of nitrogen functional groups attached to an aromatic ring is 1. The molecular weight excluding hydrogens is 244 g/mol. The molecule has 7 nitrogen and oxygen atoms in total. The Balaban J connectivity index is 2.15. The van der Waals surface area contributed by atoms with E-state index in [-0.39, 0.29) is 5.02 Å². The van der Waals surface area contributed by atoms with Crippen LogP contribution >= 0.6 is 11.6 Å². The van der Waals surface area contributed by atoms with Gasteiger partial charge < -0.3 is 11.1 Å². The molecule has 0 bridgehead atoms. The highest BCUT2D eigenvalue weighted by molar-refractivity contribution is 6.32. The average Bonchev–Trinajstić information content (AvgIpc) is 2.62. The molecule has 0 aliphatic carbocycles. The van der Waals surface area contributed by atoms with Crippen LogP contribution in [0.15, 0.2) is 17.2 Å². The zero-order chi connectivity index (χ0) is 12.4. The molecule has 0 spiro atoms. The van der Waals surface area contributed by atoms with E-state index in [1.807, 2.05) is 0 Å². The molecular formula is C9H11ClN6O. The topological polar surface area (TPSA) is 102 Å². The molecule has 2 heterocycles. The number of rotatable bonds is 3. The molecule has 0 saturated heterocycles. The van der Waals surface area contributed by atoms with Gasteiger partial charge in [-0.3, -0.25) is 9.48 Å². The maximum absolute atomic E-state index is 11.2. The van der Waals surface area contributed by atoms with Gasteiger partial charge in [-0.25, -0.2) is 5.10 Å². The van der Waals surface area contributed by atoms with Crippen LogP contribution in [0.4, 0.5) is 11.5 Å². The molecule has 0 unspecified atom stereocenters. The lowest BCUT2D eigenvalue weighted by Crippen LogP contribution is -2.12. The van der Waals surface area contributed by atoms with E-state index in [0.29, 0.717) is 18.1 Å². The summed E-state index contributed by atoms with van der Waals surface area (Å²) >= 11 is 5.81. The first-order valence-corrected chi connectivity index (χ1v) is 5.21. The van der Waals surface area contributed by atoms with Crippen molar-refractivity contribution < 1.29 is 0 Å². The van der Waals surface area contributed by atoms with Crippen LogP contribution in [0.2, 0.25) is 5.02 Å². The summed E-state index contributed by atoms with van der Waals surface area (Å²) in [5.41, 5.74) is 6.62. The zero-order valence-electron chi connectivity index (χ0n) is 9.07. The number of anilines is 2. The number of halogens is 1. The number of aromatic amines is 1. The maximum Gasteiger partial charge on any atom is 0.285 e. The second-order valence-electron chi connectivity index (χ2n) is 3.46. The van der Waals surface area contributed by atoms with Gasteiger partial charge in [0.2, 0.25) is 0 Å². The van der Waals surface area contributed by atoms with Gasteiger partial charge in [0, 0.05) is 19.2 Å². The van der Waals surface area contributed by atoms with Gasteiger partial charge in [-0.05, 0) is 0 Å². The van der Waals surface area contributed by atoms with E-state index in [0.717, 1.165) is 5.56 Å². The third kappa shape index (κ3) is 2.23.